The number of imidazole rings is 1. The summed E-state index contributed by atoms with van der Waals surface area (Å²) in [6, 6.07) is 0.0256. The first kappa shape index (κ1) is 12.2. The summed E-state index contributed by atoms with van der Waals surface area (Å²) in [5, 5.41) is 0. The van der Waals surface area contributed by atoms with Crippen molar-refractivity contribution in [2.24, 2.45) is 11.7 Å². The average Bonchev–Trinajstić information content (AvgIpc) is 2.60. The van der Waals surface area contributed by atoms with Gasteiger partial charge in [-0.1, -0.05) is 13.8 Å². The molecule has 0 saturated heterocycles. The Morgan fingerprint density at radius 3 is 2.80 bits per heavy atom. The van der Waals surface area contributed by atoms with E-state index in [2.05, 4.69) is 18.8 Å². The molecule has 15 heavy (non-hydrogen) atoms. The van der Waals surface area contributed by atoms with E-state index in [1.807, 2.05) is 17.7 Å². The minimum Gasteiger partial charge on any atom is -0.379 e. The van der Waals surface area contributed by atoms with E-state index in [0.29, 0.717) is 12.5 Å². The summed E-state index contributed by atoms with van der Waals surface area (Å²) in [6.07, 6.45) is 3.62. The van der Waals surface area contributed by atoms with Gasteiger partial charge in [-0.25, -0.2) is 4.98 Å². The van der Waals surface area contributed by atoms with E-state index >= 15 is 0 Å². The van der Waals surface area contributed by atoms with Gasteiger partial charge < -0.3 is 15.0 Å². The van der Waals surface area contributed by atoms with Crippen molar-refractivity contribution in [1.29, 1.82) is 0 Å². The number of nitrogens with zero attached hydrogens (tertiary/aromatic N) is 2. The summed E-state index contributed by atoms with van der Waals surface area (Å²) in [7, 11) is 0. The fraction of sp³-hybridized carbons (Fsp3) is 0.727. The SMILES string of the molecule is CC(C)COCCn1cncc1[C@H](C)N. The van der Waals surface area contributed by atoms with Crippen LogP contribution in [0.25, 0.3) is 0 Å². The maximum Gasteiger partial charge on any atom is 0.0949 e. The topological polar surface area (TPSA) is 53.1 Å². The molecule has 0 amide bonds. The van der Waals surface area contributed by atoms with Gasteiger partial charge in [0.15, 0.2) is 0 Å². The van der Waals surface area contributed by atoms with E-state index in [1.165, 1.54) is 0 Å². The lowest BCUT2D eigenvalue weighted by atomic mass is 10.2. The highest BCUT2D eigenvalue weighted by Gasteiger charge is 2.05. The molecule has 2 N–H and O–H groups in total. The van der Waals surface area contributed by atoms with Gasteiger partial charge in [0.25, 0.3) is 0 Å². The van der Waals surface area contributed by atoms with Gasteiger partial charge >= 0.3 is 0 Å². The van der Waals surface area contributed by atoms with Crippen LogP contribution in [0.5, 0.6) is 0 Å². The predicted molar refractivity (Wildman–Crippen MR) is 60.5 cm³/mol. The zero-order valence-electron chi connectivity index (χ0n) is 9.81. The van der Waals surface area contributed by atoms with E-state index in [-0.39, 0.29) is 6.04 Å². The third-order valence-electron chi connectivity index (χ3n) is 2.14. The molecule has 0 spiro atoms. The van der Waals surface area contributed by atoms with Gasteiger partial charge in [-0.05, 0) is 12.8 Å². The van der Waals surface area contributed by atoms with Crippen LogP contribution < -0.4 is 5.73 Å². The molecule has 0 aliphatic carbocycles. The molecule has 1 aromatic heterocycles. The Hall–Kier alpha value is -0.870. The zero-order valence-corrected chi connectivity index (χ0v) is 9.81. The van der Waals surface area contributed by atoms with Gasteiger partial charge in [0.2, 0.25) is 0 Å². The van der Waals surface area contributed by atoms with Crippen molar-refractivity contribution in [2.75, 3.05) is 13.2 Å². The first-order chi connectivity index (χ1) is 7.11. The van der Waals surface area contributed by atoms with Crippen molar-refractivity contribution >= 4 is 0 Å². The van der Waals surface area contributed by atoms with Crippen LogP contribution in [0.15, 0.2) is 12.5 Å². The molecule has 0 aliphatic rings. The number of hydrogen-bond donors (Lipinski definition) is 1. The molecular formula is C11H21N3O. The van der Waals surface area contributed by atoms with Gasteiger partial charge in [-0.3, -0.25) is 0 Å². The van der Waals surface area contributed by atoms with Crippen LogP contribution in [-0.2, 0) is 11.3 Å². The Morgan fingerprint density at radius 2 is 2.20 bits per heavy atom. The number of ether oxygens (including phenoxy) is 1. The summed E-state index contributed by atoms with van der Waals surface area (Å²) >= 11 is 0. The maximum atomic E-state index is 5.81. The summed E-state index contributed by atoms with van der Waals surface area (Å²) in [4.78, 5) is 4.08. The maximum absolute atomic E-state index is 5.81. The van der Waals surface area contributed by atoms with Crippen LogP contribution in [0.3, 0.4) is 0 Å². The van der Waals surface area contributed by atoms with E-state index in [0.717, 1.165) is 18.8 Å². The first-order valence-electron chi connectivity index (χ1n) is 5.44. The van der Waals surface area contributed by atoms with Crippen LogP contribution in [0.1, 0.15) is 32.5 Å². The standard InChI is InChI=1S/C11H21N3O/c1-9(2)7-15-5-4-14-8-13-6-11(14)10(3)12/h6,8-10H,4-5,7,12H2,1-3H3/t10-/m0/s1. The summed E-state index contributed by atoms with van der Waals surface area (Å²) in [5.74, 6) is 0.584. The molecule has 4 nitrogen and oxygen atoms in total. The lowest BCUT2D eigenvalue weighted by Crippen LogP contribution is -2.15. The summed E-state index contributed by atoms with van der Waals surface area (Å²) < 4.78 is 7.56. The molecule has 4 heteroatoms. The number of rotatable bonds is 6. The van der Waals surface area contributed by atoms with Crippen molar-refractivity contribution in [3.8, 4) is 0 Å². The van der Waals surface area contributed by atoms with Crippen molar-refractivity contribution in [3.05, 3.63) is 18.2 Å². The van der Waals surface area contributed by atoms with Gasteiger partial charge in [-0.2, -0.15) is 0 Å². The highest BCUT2D eigenvalue weighted by atomic mass is 16.5. The summed E-state index contributed by atoms with van der Waals surface area (Å²) in [5.41, 5.74) is 6.87. The Balaban J connectivity index is 2.34. The summed E-state index contributed by atoms with van der Waals surface area (Å²) in [6.45, 7) is 8.59. The van der Waals surface area contributed by atoms with Crippen LogP contribution in [0.4, 0.5) is 0 Å². The number of aromatic nitrogens is 2. The van der Waals surface area contributed by atoms with Gasteiger partial charge in [0.05, 0.1) is 18.6 Å². The van der Waals surface area contributed by atoms with E-state index < -0.39 is 0 Å². The molecule has 1 aromatic rings. The fourth-order valence-electron chi connectivity index (χ4n) is 1.38. The molecule has 0 radical (unpaired) electrons. The van der Waals surface area contributed by atoms with Crippen molar-refractivity contribution in [1.82, 2.24) is 9.55 Å². The number of nitrogens with two attached hydrogens (primary N) is 1. The third kappa shape index (κ3) is 4.01. The second kappa shape index (κ2) is 5.88. The Bertz CT molecular complexity index is 281. The normalized spacial score (nSPS) is 13.4. The van der Waals surface area contributed by atoms with Gasteiger partial charge in [0.1, 0.15) is 0 Å². The molecule has 0 aromatic carbocycles. The van der Waals surface area contributed by atoms with Crippen molar-refractivity contribution < 1.29 is 4.74 Å². The predicted octanol–water partition coefficient (Wildman–Crippen LogP) is 1.58. The minimum absolute atomic E-state index is 0.0256. The Kier molecular flexibility index (Phi) is 4.78. The van der Waals surface area contributed by atoms with Crippen LogP contribution >= 0.6 is 0 Å². The third-order valence-corrected chi connectivity index (χ3v) is 2.14. The molecule has 1 heterocycles. The molecule has 0 fully saturated rings. The minimum atomic E-state index is 0.0256. The number of hydrogen-bond acceptors (Lipinski definition) is 3. The highest BCUT2D eigenvalue weighted by molar-refractivity contribution is 5.02. The second-order valence-electron chi connectivity index (χ2n) is 4.27. The molecule has 0 bridgehead atoms. The quantitative estimate of drug-likeness (QED) is 0.727. The average molecular weight is 211 g/mol. The molecule has 86 valence electrons. The molecule has 1 rings (SSSR count). The Morgan fingerprint density at radius 1 is 1.47 bits per heavy atom. The van der Waals surface area contributed by atoms with Crippen molar-refractivity contribution in [2.45, 2.75) is 33.4 Å². The van der Waals surface area contributed by atoms with E-state index in [1.54, 1.807) is 6.33 Å². The molecule has 0 unspecified atom stereocenters. The van der Waals surface area contributed by atoms with Crippen LogP contribution in [-0.4, -0.2) is 22.8 Å². The first-order valence-corrected chi connectivity index (χ1v) is 5.44. The van der Waals surface area contributed by atoms with Crippen molar-refractivity contribution in [3.63, 3.8) is 0 Å². The zero-order chi connectivity index (χ0) is 11.3. The van der Waals surface area contributed by atoms with Crippen LogP contribution in [0.2, 0.25) is 0 Å². The molecule has 1 atom stereocenters. The molecular weight excluding hydrogens is 190 g/mol. The largest absolute Gasteiger partial charge is 0.379 e. The molecule has 0 aliphatic heterocycles. The smallest absolute Gasteiger partial charge is 0.0949 e. The monoisotopic (exact) mass is 211 g/mol. The lowest BCUT2D eigenvalue weighted by Gasteiger charge is -2.11. The van der Waals surface area contributed by atoms with E-state index in [9.17, 15) is 0 Å². The lowest BCUT2D eigenvalue weighted by molar-refractivity contribution is 0.102. The second-order valence-corrected chi connectivity index (χ2v) is 4.27. The Labute approximate surface area is 91.4 Å². The highest BCUT2D eigenvalue weighted by Crippen LogP contribution is 2.08. The van der Waals surface area contributed by atoms with Crippen LogP contribution in [0, 0.1) is 5.92 Å². The fourth-order valence-corrected chi connectivity index (χ4v) is 1.38. The van der Waals surface area contributed by atoms with Gasteiger partial charge in [-0.15, -0.1) is 0 Å². The van der Waals surface area contributed by atoms with E-state index in [4.69, 9.17) is 10.5 Å². The molecule has 0 saturated carbocycles. The van der Waals surface area contributed by atoms with Gasteiger partial charge in [0, 0.05) is 25.4 Å².